The van der Waals surface area contributed by atoms with E-state index in [1.807, 2.05) is 48.6 Å². The Balaban J connectivity index is 1.23. The molecule has 0 spiro atoms. The first-order chi connectivity index (χ1) is 20.9. The van der Waals surface area contributed by atoms with E-state index in [0.717, 1.165) is 34.6 Å². The highest BCUT2D eigenvalue weighted by atomic mass is 32.1. The second-order valence-corrected chi connectivity index (χ2v) is 12.0. The molecule has 0 unspecified atom stereocenters. The number of aryl methyl sites for hydroxylation is 4. The van der Waals surface area contributed by atoms with Crippen molar-refractivity contribution in [1.29, 1.82) is 0 Å². The number of carbonyl (C=O) groups excluding carboxylic acids is 1. The zero-order valence-electron chi connectivity index (χ0n) is 24.8. The normalized spacial score (nSPS) is 14.1. The number of thiazole rings is 1. The lowest BCUT2D eigenvalue weighted by molar-refractivity contribution is -0.137. The molecule has 12 heteroatoms. The molecule has 2 aromatic carbocycles. The SMILES string of the molecule is Cc1ccc(C)c(-n2nc(-c3c(C)nc4scc(CC(=O)N5CCN(c6cccc(C(F)(F)F)c6)CC5)n4c3=O)cc2C)c1. The molecule has 5 aromatic rings. The minimum atomic E-state index is -4.42. The minimum Gasteiger partial charge on any atom is -0.368 e. The molecule has 44 heavy (non-hydrogen) atoms. The van der Waals surface area contributed by atoms with Gasteiger partial charge in [0.15, 0.2) is 4.96 Å². The van der Waals surface area contributed by atoms with Crippen LogP contribution in [-0.4, -0.2) is 56.2 Å². The number of nitrogens with zero attached hydrogens (tertiary/aromatic N) is 6. The molecule has 1 fully saturated rings. The number of anilines is 1. The zero-order chi connectivity index (χ0) is 31.3. The Labute approximate surface area is 256 Å². The average molecular weight is 621 g/mol. The molecule has 228 valence electrons. The van der Waals surface area contributed by atoms with Crippen LogP contribution in [0, 0.1) is 27.7 Å². The third-order valence-corrected chi connectivity index (χ3v) is 8.94. The molecule has 0 aliphatic carbocycles. The fraction of sp³-hybridized carbons (Fsp3) is 0.312. The van der Waals surface area contributed by atoms with Gasteiger partial charge < -0.3 is 9.80 Å². The van der Waals surface area contributed by atoms with Crippen LogP contribution >= 0.6 is 11.3 Å². The van der Waals surface area contributed by atoms with Crippen molar-refractivity contribution in [3.63, 3.8) is 0 Å². The summed E-state index contributed by atoms with van der Waals surface area (Å²) in [6.07, 6.45) is -4.41. The number of hydrogen-bond donors (Lipinski definition) is 0. The molecule has 3 aromatic heterocycles. The van der Waals surface area contributed by atoms with Gasteiger partial charge in [-0.1, -0.05) is 18.2 Å². The van der Waals surface area contributed by atoms with Crippen molar-refractivity contribution < 1.29 is 18.0 Å². The van der Waals surface area contributed by atoms with Crippen molar-refractivity contribution in [2.75, 3.05) is 31.1 Å². The van der Waals surface area contributed by atoms with Gasteiger partial charge >= 0.3 is 6.18 Å². The number of alkyl halides is 3. The number of piperazine rings is 1. The number of halogens is 3. The summed E-state index contributed by atoms with van der Waals surface area (Å²) in [6.45, 7) is 9.31. The molecule has 8 nitrogen and oxygen atoms in total. The topological polar surface area (TPSA) is 75.7 Å². The summed E-state index contributed by atoms with van der Waals surface area (Å²) in [5.41, 5.74) is 5.49. The van der Waals surface area contributed by atoms with Gasteiger partial charge in [-0.2, -0.15) is 18.3 Å². The Morgan fingerprint density at radius 3 is 2.45 bits per heavy atom. The Morgan fingerprint density at radius 2 is 1.73 bits per heavy atom. The molecule has 0 bridgehead atoms. The number of rotatable bonds is 5. The molecule has 1 amide bonds. The molecule has 1 saturated heterocycles. The van der Waals surface area contributed by atoms with Crippen LogP contribution in [-0.2, 0) is 17.4 Å². The summed E-state index contributed by atoms with van der Waals surface area (Å²) in [7, 11) is 0. The highest BCUT2D eigenvalue weighted by Crippen LogP contribution is 2.32. The Bertz CT molecular complexity index is 1950. The third-order valence-electron chi connectivity index (χ3n) is 8.06. The van der Waals surface area contributed by atoms with Gasteiger partial charge in [-0.3, -0.25) is 14.0 Å². The maximum absolute atomic E-state index is 13.9. The lowest BCUT2D eigenvalue weighted by atomic mass is 10.1. The first-order valence-corrected chi connectivity index (χ1v) is 15.1. The van der Waals surface area contributed by atoms with Crippen molar-refractivity contribution in [1.82, 2.24) is 24.1 Å². The lowest BCUT2D eigenvalue weighted by Crippen LogP contribution is -2.49. The van der Waals surface area contributed by atoms with Crippen molar-refractivity contribution >= 4 is 27.9 Å². The number of hydrogen-bond acceptors (Lipinski definition) is 6. The van der Waals surface area contributed by atoms with Crippen LogP contribution in [0.3, 0.4) is 0 Å². The summed E-state index contributed by atoms with van der Waals surface area (Å²) >= 11 is 1.30. The number of amides is 1. The lowest BCUT2D eigenvalue weighted by Gasteiger charge is -2.36. The van der Waals surface area contributed by atoms with Crippen LogP contribution in [0.25, 0.3) is 21.9 Å². The monoisotopic (exact) mass is 620 g/mol. The average Bonchev–Trinajstić information content (AvgIpc) is 3.56. The maximum atomic E-state index is 13.9. The second kappa shape index (κ2) is 11.2. The fourth-order valence-corrected chi connectivity index (χ4v) is 6.60. The highest BCUT2D eigenvalue weighted by molar-refractivity contribution is 7.15. The summed E-state index contributed by atoms with van der Waals surface area (Å²) < 4.78 is 42.9. The molecular weight excluding hydrogens is 589 g/mol. The van der Waals surface area contributed by atoms with Crippen LogP contribution in [0.4, 0.5) is 18.9 Å². The van der Waals surface area contributed by atoms with E-state index < -0.39 is 11.7 Å². The van der Waals surface area contributed by atoms with E-state index in [9.17, 15) is 22.8 Å². The number of aromatic nitrogens is 4. The van der Waals surface area contributed by atoms with Crippen LogP contribution < -0.4 is 10.5 Å². The maximum Gasteiger partial charge on any atom is 0.416 e. The molecule has 0 atom stereocenters. The van der Waals surface area contributed by atoms with E-state index in [-0.39, 0.29) is 17.9 Å². The summed E-state index contributed by atoms with van der Waals surface area (Å²) in [5, 5.41) is 6.59. The van der Waals surface area contributed by atoms with Gasteiger partial charge in [0.05, 0.1) is 28.9 Å². The summed E-state index contributed by atoms with van der Waals surface area (Å²) in [6, 6.07) is 13.3. The fourth-order valence-electron chi connectivity index (χ4n) is 5.67. The van der Waals surface area contributed by atoms with E-state index in [1.54, 1.807) is 23.3 Å². The third kappa shape index (κ3) is 5.49. The standard InChI is InChI=1S/C32H31F3N6O2S/c1-19-8-9-20(2)27(14-19)41-21(3)15-26(37-41)29-22(4)36-31-40(30(29)43)25(18-44-31)17-28(42)39-12-10-38(11-13-39)24-7-5-6-23(16-24)32(33,34)35/h5-9,14-16,18H,10-13,17H2,1-4H3. The molecular formula is C32H31F3N6O2S. The van der Waals surface area contributed by atoms with E-state index >= 15 is 0 Å². The van der Waals surface area contributed by atoms with Gasteiger partial charge in [0.25, 0.3) is 5.56 Å². The first kappa shape index (κ1) is 29.6. The van der Waals surface area contributed by atoms with E-state index in [0.29, 0.717) is 59.5 Å². The Hall–Kier alpha value is -4.45. The molecule has 0 N–H and O–H groups in total. The van der Waals surface area contributed by atoms with Crippen molar-refractivity contribution in [2.45, 2.75) is 40.3 Å². The van der Waals surface area contributed by atoms with Gasteiger partial charge in [-0.25, -0.2) is 9.67 Å². The van der Waals surface area contributed by atoms with Gasteiger partial charge in [0, 0.05) is 48.6 Å². The largest absolute Gasteiger partial charge is 0.416 e. The van der Waals surface area contributed by atoms with Crippen molar-refractivity contribution in [3.8, 4) is 16.9 Å². The van der Waals surface area contributed by atoms with Crippen molar-refractivity contribution in [3.05, 3.63) is 98.0 Å². The molecule has 0 saturated carbocycles. The van der Waals surface area contributed by atoms with Crippen LogP contribution in [0.1, 0.15) is 33.8 Å². The van der Waals surface area contributed by atoms with Crippen LogP contribution in [0.2, 0.25) is 0 Å². The van der Waals surface area contributed by atoms with Crippen molar-refractivity contribution in [2.24, 2.45) is 0 Å². The minimum absolute atomic E-state index is 0.00357. The number of benzene rings is 2. The molecule has 4 heterocycles. The van der Waals surface area contributed by atoms with Gasteiger partial charge in [0.2, 0.25) is 5.91 Å². The molecule has 1 aliphatic rings. The highest BCUT2D eigenvalue weighted by Gasteiger charge is 2.31. The predicted molar refractivity (Wildman–Crippen MR) is 165 cm³/mol. The Kier molecular flexibility index (Phi) is 7.56. The van der Waals surface area contributed by atoms with Gasteiger partial charge in [-0.15, -0.1) is 11.3 Å². The smallest absolute Gasteiger partial charge is 0.368 e. The zero-order valence-corrected chi connectivity index (χ0v) is 25.6. The van der Waals surface area contributed by atoms with Crippen LogP contribution in [0.5, 0.6) is 0 Å². The number of fused-ring (bicyclic) bond motifs is 1. The molecule has 1 aliphatic heterocycles. The van der Waals surface area contributed by atoms with E-state index in [4.69, 9.17) is 5.10 Å². The quantitative estimate of drug-likeness (QED) is 0.250. The summed E-state index contributed by atoms with van der Waals surface area (Å²) in [5.74, 6) is -0.155. The summed E-state index contributed by atoms with van der Waals surface area (Å²) in [4.78, 5) is 36.0. The molecule has 6 rings (SSSR count). The second-order valence-electron chi connectivity index (χ2n) is 11.2. The van der Waals surface area contributed by atoms with E-state index in [2.05, 4.69) is 11.1 Å². The first-order valence-electron chi connectivity index (χ1n) is 14.2. The Morgan fingerprint density at radius 1 is 0.977 bits per heavy atom. The predicted octanol–water partition coefficient (Wildman–Crippen LogP) is 5.75. The van der Waals surface area contributed by atoms with Gasteiger partial charge in [0.1, 0.15) is 5.69 Å². The molecule has 0 radical (unpaired) electrons. The van der Waals surface area contributed by atoms with Gasteiger partial charge in [-0.05, 0) is 69.2 Å². The number of carbonyl (C=O) groups is 1. The van der Waals surface area contributed by atoms with Crippen LogP contribution in [0.15, 0.2) is 58.7 Å². The van der Waals surface area contributed by atoms with E-state index in [1.165, 1.54) is 21.8 Å².